The molecule has 0 fully saturated rings. The lowest BCUT2D eigenvalue weighted by molar-refractivity contribution is 0.750. The summed E-state index contributed by atoms with van der Waals surface area (Å²) < 4.78 is 0. The number of allylic oxidation sites excluding steroid dienone is 1. The highest BCUT2D eigenvalue weighted by Crippen LogP contribution is 2.31. The number of aromatic nitrogens is 2. The lowest BCUT2D eigenvalue weighted by Gasteiger charge is -2.11. The van der Waals surface area contributed by atoms with Gasteiger partial charge in [0, 0.05) is 40.4 Å². The summed E-state index contributed by atoms with van der Waals surface area (Å²) in [4.78, 5) is 9.61. The third-order valence-corrected chi connectivity index (χ3v) is 4.48. The van der Waals surface area contributed by atoms with Crippen LogP contribution in [0.15, 0.2) is 41.7 Å². The normalized spacial score (nSPS) is 11.5. The van der Waals surface area contributed by atoms with E-state index in [-0.39, 0.29) is 0 Å². The van der Waals surface area contributed by atoms with Gasteiger partial charge in [-0.3, -0.25) is 9.97 Å². The fourth-order valence-corrected chi connectivity index (χ4v) is 2.81. The largest absolute Gasteiger partial charge is 0.403 e. The van der Waals surface area contributed by atoms with Crippen molar-refractivity contribution in [3.05, 3.63) is 42.5 Å². The molecule has 0 unspecified atom stereocenters. The van der Waals surface area contributed by atoms with Gasteiger partial charge in [-0.05, 0) is 17.6 Å². The maximum atomic E-state index is 9.26. The summed E-state index contributed by atoms with van der Waals surface area (Å²) >= 11 is 1.73. The Morgan fingerprint density at radius 3 is 2.74 bits per heavy atom. The van der Waals surface area contributed by atoms with Crippen LogP contribution in [-0.2, 0) is 0 Å². The highest BCUT2D eigenvalue weighted by Gasteiger charge is 2.13. The first-order valence-corrected chi connectivity index (χ1v) is 8.20. The Morgan fingerprint density at radius 1 is 1.39 bits per heavy atom. The van der Waals surface area contributed by atoms with Crippen LogP contribution < -0.4 is 11.3 Å². The van der Waals surface area contributed by atoms with E-state index in [0.717, 1.165) is 21.8 Å². The number of hydrogen-bond donors (Lipinski definition) is 1. The van der Waals surface area contributed by atoms with Gasteiger partial charge in [0.05, 0.1) is 11.3 Å². The van der Waals surface area contributed by atoms with Gasteiger partial charge in [-0.25, -0.2) is 0 Å². The summed E-state index contributed by atoms with van der Waals surface area (Å²) in [6.07, 6.45) is 4.73. The van der Waals surface area contributed by atoms with E-state index in [0.29, 0.717) is 22.8 Å². The van der Waals surface area contributed by atoms with Crippen LogP contribution in [0.5, 0.6) is 0 Å². The van der Waals surface area contributed by atoms with Crippen LogP contribution in [0.3, 0.4) is 0 Å². The van der Waals surface area contributed by atoms with Gasteiger partial charge in [0.25, 0.3) is 0 Å². The Balaban J connectivity index is 2.51. The Bertz CT molecular complexity index is 748. The monoisotopic (exact) mass is 320 g/mol. The Labute approximate surface area is 142 Å². The van der Waals surface area contributed by atoms with Crippen molar-refractivity contribution in [1.29, 1.82) is 5.26 Å². The van der Waals surface area contributed by atoms with Crippen LogP contribution in [0.2, 0.25) is 0 Å². The van der Waals surface area contributed by atoms with Crippen LogP contribution in [0.4, 0.5) is 0 Å². The first-order valence-electron chi connectivity index (χ1n) is 7.22. The third-order valence-electron chi connectivity index (χ3n) is 3.09. The van der Waals surface area contributed by atoms with E-state index < -0.39 is 0 Å². The number of hydrogen-bond acceptors (Lipinski definition) is 5. The van der Waals surface area contributed by atoms with Crippen molar-refractivity contribution in [3.8, 4) is 17.2 Å². The molecule has 6 heteroatoms. The average Bonchev–Trinajstić information content (AvgIpc) is 2.55. The van der Waals surface area contributed by atoms with E-state index in [9.17, 15) is 5.26 Å². The molecule has 2 N–H and O–H groups in total. The lowest BCUT2D eigenvalue weighted by atomic mass is 9.98. The van der Waals surface area contributed by atoms with E-state index in [2.05, 4.69) is 29.9 Å². The van der Waals surface area contributed by atoms with Crippen LogP contribution >= 0.6 is 11.8 Å². The SMILES string of the molecule is [B]c1ccc(-c2cc(SCC(C)C)cnc2C(C#N)=CN)cn1. The molecule has 4 nitrogen and oxygen atoms in total. The molecule has 0 aliphatic carbocycles. The first-order chi connectivity index (χ1) is 11.0. The van der Waals surface area contributed by atoms with Crippen LogP contribution in [-0.4, -0.2) is 23.6 Å². The van der Waals surface area contributed by atoms with Crippen molar-refractivity contribution in [2.75, 3.05) is 5.75 Å². The second-order valence-corrected chi connectivity index (χ2v) is 6.53. The highest BCUT2D eigenvalue weighted by atomic mass is 32.2. The van der Waals surface area contributed by atoms with E-state index in [1.807, 2.05) is 12.1 Å². The van der Waals surface area contributed by atoms with Gasteiger partial charge in [-0.1, -0.05) is 26.0 Å². The number of rotatable bonds is 5. The van der Waals surface area contributed by atoms with E-state index in [1.54, 1.807) is 30.2 Å². The summed E-state index contributed by atoms with van der Waals surface area (Å²) in [6.45, 7) is 4.34. The van der Waals surface area contributed by atoms with Crippen molar-refractivity contribution in [1.82, 2.24) is 9.97 Å². The van der Waals surface area contributed by atoms with E-state index >= 15 is 0 Å². The molecule has 2 aromatic rings. The van der Waals surface area contributed by atoms with Crippen molar-refractivity contribution in [3.63, 3.8) is 0 Å². The Hall–Kier alpha value is -2.26. The van der Waals surface area contributed by atoms with Gasteiger partial charge < -0.3 is 5.73 Å². The summed E-state index contributed by atoms with van der Waals surface area (Å²) in [5.41, 5.74) is 8.56. The molecule has 23 heavy (non-hydrogen) atoms. The second kappa shape index (κ2) is 7.84. The zero-order valence-electron chi connectivity index (χ0n) is 13.2. The number of nitrogens with two attached hydrogens (primary N) is 1. The topological polar surface area (TPSA) is 75.6 Å². The van der Waals surface area contributed by atoms with Crippen molar-refractivity contribution >= 4 is 30.8 Å². The molecule has 0 atom stereocenters. The minimum atomic E-state index is 0.331. The zero-order valence-corrected chi connectivity index (χ0v) is 14.0. The molecular formula is C17H17BN4S. The fraction of sp³-hybridized carbons (Fsp3) is 0.235. The van der Waals surface area contributed by atoms with Crippen molar-refractivity contribution in [2.24, 2.45) is 11.7 Å². The smallest absolute Gasteiger partial charge is 0.141 e. The Kier molecular flexibility index (Phi) is 5.83. The van der Waals surface area contributed by atoms with Crippen molar-refractivity contribution < 1.29 is 0 Å². The number of thioether (sulfide) groups is 1. The summed E-state index contributed by atoms with van der Waals surface area (Å²) in [5.74, 6) is 1.58. The summed E-state index contributed by atoms with van der Waals surface area (Å²) in [7, 11) is 5.65. The molecule has 2 aromatic heterocycles. The first kappa shape index (κ1) is 17.1. The van der Waals surface area contributed by atoms with Crippen molar-refractivity contribution in [2.45, 2.75) is 18.7 Å². The summed E-state index contributed by atoms with van der Waals surface area (Å²) in [6, 6.07) is 7.69. The predicted molar refractivity (Wildman–Crippen MR) is 96.2 cm³/mol. The minimum absolute atomic E-state index is 0.331. The molecule has 2 rings (SSSR count). The standard InChI is InChI=1S/C17H17BN4S/c1-11(2)10-23-14-5-15(12-3-4-16(18)21-8-12)17(22-9-14)13(6-19)7-20/h3-6,8-9,11H,10,19H2,1-2H3. The molecule has 0 spiro atoms. The maximum Gasteiger partial charge on any atom is 0.141 e. The van der Waals surface area contributed by atoms with Gasteiger partial charge in [0.15, 0.2) is 0 Å². The highest BCUT2D eigenvalue weighted by molar-refractivity contribution is 7.99. The van der Waals surface area contributed by atoms with Gasteiger partial charge in [0.2, 0.25) is 0 Å². The van der Waals surface area contributed by atoms with E-state index in [1.165, 1.54) is 6.20 Å². The lowest BCUT2D eigenvalue weighted by Crippen LogP contribution is -2.06. The number of nitrogens with zero attached hydrogens (tertiary/aromatic N) is 3. The van der Waals surface area contributed by atoms with Crippen LogP contribution in [0, 0.1) is 17.2 Å². The zero-order chi connectivity index (χ0) is 16.8. The quantitative estimate of drug-likeness (QED) is 0.520. The number of pyridine rings is 2. The molecule has 0 aromatic carbocycles. The summed E-state index contributed by atoms with van der Waals surface area (Å²) in [5, 5.41) is 9.26. The molecule has 114 valence electrons. The molecule has 0 amide bonds. The predicted octanol–water partition coefficient (Wildman–Crippen LogP) is 2.51. The average molecular weight is 320 g/mol. The maximum absolute atomic E-state index is 9.26. The van der Waals surface area contributed by atoms with Crippen LogP contribution in [0.1, 0.15) is 19.5 Å². The van der Waals surface area contributed by atoms with Gasteiger partial charge >= 0.3 is 0 Å². The molecule has 0 saturated carbocycles. The van der Waals surface area contributed by atoms with Gasteiger partial charge in [-0.2, -0.15) is 5.26 Å². The van der Waals surface area contributed by atoms with Gasteiger partial charge in [-0.15, -0.1) is 11.8 Å². The third kappa shape index (κ3) is 4.36. The molecule has 2 heterocycles. The molecular weight excluding hydrogens is 303 g/mol. The molecule has 0 bridgehead atoms. The van der Waals surface area contributed by atoms with E-state index in [4.69, 9.17) is 13.6 Å². The fourth-order valence-electron chi connectivity index (χ4n) is 1.96. The molecule has 0 aliphatic heterocycles. The Morgan fingerprint density at radius 2 is 2.17 bits per heavy atom. The van der Waals surface area contributed by atoms with Crippen LogP contribution in [0.25, 0.3) is 16.7 Å². The molecule has 0 aliphatic rings. The molecule has 2 radical (unpaired) electrons. The minimum Gasteiger partial charge on any atom is -0.403 e. The second-order valence-electron chi connectivity index (χ2n) is 5.44. The number of nitriles is 1. The van der Waals surface area contributed by atoms with Gasteiger partial charge in [0.1, 0.15) is 13.9 Å². The molecule has 0 saturated heterocycles.